The van der Waals surface area contributed by atoms with Gasteiger partial charge in [0.25, 0.3) is 0 Å². The largest absolute Gasteiger partial charge is 0.387 e. The van der Waals surface area contributed by atoms with Crippen LogP contribution in [0.4, 0.5) is 5.69 Å². The highest BCUT2D eigenvalue weighted by Crippen LogP contribution is 2.29. The van der Waals surface area contributed by atoms with E-state index in [1.54, 1.807) is 7.05 Å². The van der Waals surface area contributed by atoms with E-state index >= 15 is 0 Å². The summed E-state index contributed by atoms with van der Waals surface area (Å²) in [6.07, 6.45) is 3.76. The second-order valence-electron chi connectivity index (χ2n) is 5.14. The number of hydrogen-bond donors (Lipinski definition) is 1. The van der Waals surface area contributed by atoms with Crippen LogP contribution in [0.5, 0.6) is 0 Å². The van der Waals surface area contributed by atoms with Gasteiger partial charge in [0.1, 0.15) is 4.90 Å². The Kier molecular flexibility index (Phi) is 4.60. The van der Waals surface area contributed by atoms with Gasteiger partial charge in [-0.05, 0) is 31.0 Å². The first-order valence-electron chi connectivity index (χ1n) is 6.79. The molecule has 1 aliphatic heterocycles. The van der Waals surface area contributed by atoms with Crippen molar-refractivity contribution in [2.24, 2.45) is 0 Å². The van der Waals surface area contributed by atoms with Crippen LogP contribution in [0.3, 0.4) is 0 Å². The van der Waals surface area contributed by atoms with E-state index in [-0.39, 0.29) is 9.79 Å². The van der Waals surface area contributed by atoms with E-state index in [1.165, 1.54) is 22.5 Å². The topological polar surface area (TPSA) is 83.5 Å². The Morgan fingerprint density at radius 1 is 1.05 bits per heavy atom. The van der Waals surface area contributed by atoms with Crippen LogP contribution in [0.2, 0.25) is 0 Å². The Bertz CT molecular complexity index is 721. The van der Waals surface area contributed by atoms with Gasteiger partial charge in [-0.2, -0.15) is 4.31 Å². The molecule has 0 aliphatic carbocycles. The van der Waals surface area contributed by atoms with Gasteiger partial charge in [0.2, 0.25) is 10.0 Å². The van der Waals surface area contributed by atoms with Gasteiger partial charge in [0.15, 0.2) is 9.84 Å². The first-order valence-corrected chi connectivity index (χ1v) is 10.1. The second kappa shape index (κ2) is 5.94. The molecule has 0 saturated carbocycles. The number of hydrogen-bond acceptors (Lipinski definition) is 5. The zero-order valence-corrected chi connectivity index (χ0v) is 13.8. The molecule has 1 aromatic carbocycles. The van der Waals surface area contributed by atoms with Gasteiger partial charge in [-0.15, -0.1) is 0 Å². The third kappa shape index (κ3) is 3.38. The van der Waals surface area contributed by atoms with Crippen LogP contribution in [0, 0.1) is 0 Å². The summed E-state index contributed by atoms with van der Waals surface area (Å²) in [7, 11) is -5.52. The maximum absolute atomic E-state index is 12.7. The minimum Gasteiger partial charge on any atom is -0.387 e. The van der Waals surface area contributed by atoms with Crippen molar-refractivity contribution < 1.29 is 16.8 Å². The Labute approximate surface area is 126 Å². The lowest BCUT2D eigenvalue weighted by atomic mass is 10.2. The Balaban J connectivity index is 2.54. The lowest BCUT2D eigenvalue weighted by Gasteiger charge is -2.27. The third-order valence-corrected chi connectivity index (χ3v) is 6.63. The molecule has 1 N–H and O–H groups in total. The van der Waals surface area contributed by atoms with E-state index in [2.05, 4.69) is 5.32 Å². The van der Waals surface area contributed by atoms with Crippen LogP contribution in [-0.2, 0) is 19.9 Å². The SMILES string of the molecule is CNc1ccc(S(C)(=O)=O)cc1S(=O)(=O)N1CCCCC1. The third-order valence-electron chi connectivity index (χ3n) is 3.58. The monoisotopic (exact) mass is 332 g/mol. The molecule has 1 heterocycles. The summed E-state index contributed by atoms with van der Waals surface area (Å²) in [5, 5.41) is 2.82. The van der Waals surface area contributed by atoms with E-state index in [1.807, 2.05) is 0 Å². The molecule has 0 bridgehead atoms. The fourth-order valence-electron chi connectivity index (χ4n) is 2.40. The van der Waals surface area contributed by atoms with Crippen molar-refractivity contribution in [2.75, 3.05) is 31.7 Å². The molecule has 118 valence electrons. The maximum atomic E-state index is 12.7. The zero-order chi connectivity index (χ0) is 15.7. The molecule has 8 heteroatoms. The van der Waals surface area contributed by atoms with Crippen LogP contribution in [0.15, 0.2) is 28.0 Å². The molecule has 6 nitrogen and oxygen atoms in total. The van der Waals surface area contributed by atoms with Gasteiger partial charge in [0.05, 0.1) is 10.6 Å². The van der Waals surface area contributed by atoms with Crippen molar-refractivity contribution in [1.82, 2.24) is 4.31 Å². The fourth-order valence-corrected chi connectivity index (χ4v) is 4.86. The van der Waals surface area contributed by atoms with Crippen LogP contribution in [0.25, 0.3) is 0 Å². The van der Waals surface area contributed by atoms with E-state index in [4.69, 9.17) is 0 Å². The highest BCUT2D eigenvalue weighted by molar-refractivity contribution is 7.91. The summed E-state index contributed by atoms with van der Waals surface area (Å²) < 4.78 is 50.2. The molecule has 1 fully saturated rings. The van der Waals surface area contributed by atoms with Gasteiger partial charge < -0.3 is 5.32 Å². The predicted molar refractivity (Wildman–Crippen MR) is 81.7 cm³/mol. The Hall–Kier alpha value is -1.12. The van der Waals surface area contributed by atoms with Gasteiger partial charge in [-0.25, -0.2) is 16.8 Å². The number of nitrogens with one attached hydrogen (secondary N) is 1. The minimum absolute atomic E-state index is 0.0112. The number of benzene rings is 1. The smallest absolute Gasteiger partial charge is 0.245 e. The molecular formula is C13H20N2O4S2. The number of sulfone groups is 1. The number of piperidine rings is 1. The average Bonchev–Trinajstić information content (AvgIpc) is 2.46. The van der Waals surface area contributed by atoms with Gasteiger partial charge in [-0.3, -0.25) is 0 Å². The lowest BCUT2D eigenvalue weighted by molar-refractivity contribution is 0.347. The van der Waals surface area contributed by atoms with Crippen LogP contribution >= 0.6 is 0 Å². The number of nitrogens with zero attached hydrogens (tertiary/aromatic N) is 1. The summed E-state index contributed by atoms with van der Waals surface area (Å²) >= 11 is 0. The predicted octanol–water partition coefficient (Wildman–Crippen LogP) is 1.31. The number of anilines is 1. The summed E-state index contributed by atoms with van der Waals surface area (Å²) in [4.78, 5) is 0.0342. The highest BCUT2D eigenvalue weighted by atomic mass is 32.2. The molecule has 0 spiro atoms. The first kappa shape index (κ1) is 16.3. The number of sulfonamides is 1. The van der Waals surface area contributed by atoms with Crippen molar-refractivity contribution >= 4 is 25.5 Å². The molecule has 21 heavy (non-hydrogen) atoms. The summed E-state index contributed by atoms with van der Waals surface area (Å²) in [5.41, 5.74) is 0.410. The molecule has 0 unspecified atom stereocenters. The molecule has 0 amide bonds. The highest BCUT2D eigenvalue weighted by Gasteiger charge is 2.29. The normalized spacial score (nSPS) is 17.6. The Morgan fingerprint density at radius 2 is 1.67 bits per heavy atom. The second-order valence-corrected chi connectivity index (χ2v) is 9.07. The van der Waals surface area contributed by atoms with Crippen molar-refractivity contribution in [3.8, 4) is 0 Å². The molecule has 2 rings (SSSR count). The molecule has 0 atom stereocenters. The van der Waals surface area contributed by atoms with Crippen molar-refractivity contribution in [2.45, 2.75) is 29.1 Å². The molecule has 0 radical (unpaired) electrons. The molecular weight excluding hydrogens is 312 g/mol. The van der Waals surface area contributed by atoms with Crippen LogP contribution < -0.4 is 5.32 Å². The summed E-state index contributed by atoms with van der Waals surface area (Å²) in [6.45, 7) is 0.961. The average molecular weight is 332 g/mol. The van der Waals surface area contributed by atoms with E-state index in [0.717, 1.165) is 25.5 Å². The van der Waals surface area contributed by atoms with E-state index in [9.17, 15) is 16.8 Å². The first-order chi connectivity index (χ1) is 9.76. The van der Waals surface area contributed by atoms with Crippen LogP contribution in [-0.4, -0.2) is 47.5 Å². The fraction of sp³-hybridized carbons (Fsp3) is 0.538. The van der Waals surface area contributed by atoms with Gasteiger partial charge >= 0.3 is 0 Å². The quantitative estimate of drug-likeness (QED) is 0.899. The maximum Gasteiger partial charge on any atom is 0.245 e. The Morgan fingerprint density at radius 3 is 2.19 bits per heavy atom. The molecule has 1 aromatic rings. The van der Waals surface area contributed by atoms with Crippen molar-refractivity contribution in [1.29, 1.82) is 0 Å². The van der Waals surface area contributed by atoms with Gasteiger partial charge in [-0.1, -0.05) is 6.42 Å². The van der Waals surface area contributed by atoms with E-state index in [0.29, 0.717) is 18.8 Å². The number of rotatable bonds is 4. The standard InChI is InChI=1S/C13H20N2O4S2/c1-14-12-7-6-11(20(2,16)17)10-13(12)21(18,19)15-8-4-3-5-9-15/h6-7,10,14H,3-5,8-9H2,1-2H3. The summed E-state index contributed by atoms with van der Waals surface area (Å²) in [6, 6.07) is 4.15. The van der Waals surface area contributed by atoms with Crippen molar-refractivity contribution in [3.63, 3.8) is 0 Å². The van der Waals surface area contributed by atoms with Crippen molar-refractivity contribution in [3.05, 3.63) is 18.2 Å². The van der Waals surface area contributed by atoms with Crippen LogP contribution in [0.1, 0.15) is 19.3 Å². The zero-order valence-electron chi connectivity index (χ0n) is 12.2. The van der Waals surface area contributed by atoms with E-state index < -0.39 is 19.9 Å². The lowest BCUT2D eigenvalue weighted by Crippen LogP contribution is -2.36. The molecule has 1 saturated heterocycles. The molecule has 1 aliphatic rings. The minimum atomic E-state index is -3.68. The molecule has 0 aromatic heterocycles. The summed E-state index contributed by atoms with van der Waals surface area (Å²) in [5.74, 6) is 0. The van der Waals surface area contributed by atoms with Gasteiger partial charge in [0, 0.05) is 26.4 Å².